The Labute approximate surface area is 98.0 Å². The molecule has 7 heteroatoms. The van der Waals surface area contributed by atoms with Crippen LogP contribution in [0.4, 0.5) is 0 Å². The predicted octanol–water partition coefficient (Wildman–Crippen LogP) is -0.0684. The quantitative estimate of drug-likeness (QED) is 0.700. The molecule has 1 fully saturated rings. The van der Waals surface area contributed by atoms with Gasteiger partial charge in [0.1, 0.15) is 0 Å². The molecule has 1 atom stereocenters. The van der Waals surface area contributed by atoms with Gasteiger partial charge in [-0.1, -0.05) is 0 Å². The maximum Gasteiger partial charge on any atom is 0.279 e. The van der Waals surface area contributed by atoms with E-state index in [-0.39, 0.29) is 18.4 Å². The number of nitrogens with zero attached hydrogens (tertiary/aromatic N) is 1. The van der Waals surface area contributed by atoms with Crippen LogP contribution in [0.2, 0.25) is 0 Å². The van der Waals surface area contributed by atoms with Crippen LogP contribution in [-0.4, -0.2) is 38.9 Å². The molecule has 0 aromatic heterocycles. The lowest BCUT2D eigenvalue weighted by molar-refractivity contribution is 0.436. The van der Waals surface area contributed by atoms with Crippen molar-refractivity contribution in [2.75, 3.05) is 20.1 Å². The minimum absolute atomic E-state index is 0. The molecule has 1 rings (SSSR count). The van der Waals surface area contributed by atoms with Crippen LogP contribution in [0, 0.1) is 5.92 Å². The van der Waals surface area contributed by atoms with Crippen LogP contribution in [0.1, 0.15) is 19.8 Å². The molecule has 1 saturated carbocycles. The average molecular weight is 258 g/mol. The lowest BCUT2D eigenvalue weighted by atomic mass is 10.4. The van der Waals surface area contributed by atoms with Gasteiger partial charge in [-0.25, -0.2) is 0 Å². The number of rotatable bonds is 6. The van der Waals surface area contributed by atoms with Crippen LogP contribution in [0.5, 0.6) is 0 Å². The minimum Gasteiger partial charge on any atom is -0.329 e. The Balaban J connectivity index is 0.00000196. The lowest BCUT2D eigenvalue weighted by Gasteiger charge is -2.20. The fourth-order valence-corrected chi connectivity index (χ4v) is 2.35. The summed E-state index contributed by atoms with van der Waals surface area (Å²) in [5.41, 5.74) is 5.35. The van der Waals surface area contributed by atoms with Crippen molar-refractivity contribution in [3.63, 3.8) is 0 Å². The van der Waals surface area contributed by atoms with Crippen LogP contribution in [0.15, 0.2) is 0 Å². The molecule has 0 aromatic rings. The summed E-state index contributed by atoms with van der Waals surface area (Å²) in [5.74, 6) is 0.560. The van der Waals surface area contributed by atoms with Gasteiger partial charge in [0.05, 0.1) is 0 Å². The van der Waals surface area contributed by atoms with Gasteiger partial charge < -0.3 is 5.73 Å². The maximum atomic E-state index is 11.6. The van der Waals surface area contributed by atoms with E-state index in [2.05, 4.69) is 4.72 Å². The third-order valence-electron chi connectivity index (χ3n) is 2.33. The molecule has 1 aliphatic rings. The Morgan fingerprint density at radius 3 is 2.47 bits per heavy atom. The van der Waals surface area contributed by atoms with Crippen LogP contribution in [-0.2, 0) is 10.2 Å². The van der Waals surface area contributed by atoms with Gasteiger partial charge in [0.25, 0.3) is 10.2 Å². The van der Waals surface area contributed by atoms with Crippen molar-refractivity contribution in [1.29, 1.82) is 0 Å². The predicted molar refractivity (Wildman–Crippen MR) is 63.2 cm³/mol. The normalized spacial score (nSPS) is 18.7. The summed E-state index contributed by atoms with van der Waals surface area (Å²) in [6.07, 6.45) is 2.29. The van der Waals surface area contributed by atoms with Crippen molar-refractivity contribution in [2.24, 2.45) is 11.7 Å². The molecule has 0 bridgehead atoms. The van der Waals surface area contributed by atoms with E-state index in [1.54, 1.807) is 14.0 Å². The first-order valence-corrected chi connectivity index (χ1v) is 6.33. The average Bonchev–Trinajstić information content (AvgIpc) is 2.87. The molecule has 5 nitrogen and oxygen atoms in total. The highest BCUT2D eigenvalue weighted by Gasteiger charge is 2.28. The van der Waals surface area contributed by atoms with Gasteiger partial charge >= 0.3 is 0 Å². The molecule has 0 spiro atoms. The summed E-state index contributed by atoms with van der Waals surface area (Å²) in [4.78, 5) is 0. The first kappa shape index (κ1) is 15.1. The number of hydrogen-bond acceptors (Lipinski definition) is 3. The topological polar surface area (TPSA) is 75.4 Å². The highest BCUT2D eigenvalue weighted by atomic mass is 35.5. The van der Waals surface area contributed by atoms with E-state index in [9.17, 15) is 8.42 Å². The second-order valence-corrected chi connectivity index (χ2v) is 5.79. The zero-order valence-corrected chi connectivity index (χ0v) is 10.8. The van der Waals surface area contributed by atoms with E-state index in [0.29, 0.717) is 19.0 Å². The Hall–Kier alpha value is 0.120. The van der Waals surface area contributed by atoms with E-state index >= 15 is 0 Å². The Morgan fingerprint density at radius 2 is 2.07 bits per heavy atom. The summed E-state index contributed by atoms with van der Waals surface area (Å²) < 4.78 is 27.1. The van der Waals surface area contributed by atoms with Crippen molar-refractivity contribution >= 4 is 22.6 Å². The van der Waals surface area contributed by atoms with Gasteiger partial charge in [0.2, 0.25) is 0 Å². The summed E-state index contributed by atoms with van der Waals surface area (Å²) in [6.45, 7) is 2.69. The van der Waals surface area contributed by atoms with E-state index in [4.69, 9.17) is 5.73 Å². The zero-order chi connectivity index (χ0) is 10.8. The largest absolute Gasteiger partial charge is 0.329 e. The Morgan fingerprint density at radius 1 is 1.53 bits per heavy atom. The van der Waals surface area contributed by atoms with E-state index in [1.165, 1.54) is 4.31 Å². The van der Waals surface area contributed by atoms with Gasteiger partial charge in [-0.3, -0.25) is 0 Å². The van der Waals surface area contributed by atoms with Crippen LogP contribution < -0.4 is 10.5 Å². The SMILES string of the molecule is C[C@@H](CN)NS(=O)(=O)N(C)CC1CC1.Cl. The molecule has 0 saturated heterocycles. The summed E-state index contributed by atoms with van der Waals surface area (Å²) in [5, 5.41) is 0. The van der Waals surface area contributed by atoms with Gasteiger partial charge in [0, 0.05) is 26.2 Å². The van der Waals surface area contributed by atoms with Crippen molar-refractivity contribution < 1.29 is 8.42 Å². The van der Waals surface area contributed by atoms with Gasteiger partial charge in [-0.2, -0.15) is 17.4 Å². The minimum atomic E-state index is -3.32. The number of hydrogen-bond donors (Lipinski definition) is 2. The monoisotopic (exact) mass is 257 g/mol. The molecule has 0 heterocycles. The highest BCUT2D eigenvalue weighted by molar-refractivity contribution is 7.87. The zero-order valence-electron chi connectivity index (χ0n) is 9.14. The maximum absolute atomic E-state index is 11.6. The molecule has 0 radical (unpaired) electrons. The Kier molecular flexibility index (Phi) is 6.05. The molecule has 1 aliphatic carbocycles. The smallest absolute Gasteiger partial charge is 0.279 e. The molecule has 0 aromatic carbocycles. The number of nitrogens with one attached hydrogen (secondary N) is 1. The summed E-state index contributed by atoms with van der Waals surface area (Å²) >= 11 is 0. The van der Waals surface area contributed by atoms with Crippen molar-refractivity contribution in [2.45, 2.75) is 25.8 Å². The molecule has 0 amide bonds. The number of nitrogens with two attached hydrogens (primary N) is 1. The number of halogens is 1. The van der Waals surface area contributed by atoms with Crippen molar-refractivity contribution in [1.82, 2.24) is 9.03 Å². The second kappa shape index (κ2) is 6.00. The fraction of sp³-hybridized carbons (Fsp3) is 1.00. The fourth-order valence-electron chi connectivity index (χ4n) is 1.15. The summed E-state index contributed by atoms with van der Waals surface area (Å²) in [6, 6.07) is -0.207. The van der Waals surface area contributed by atoms with Crippen LogP contribution in [0.25, 0.3) is 0 Å². The Bertz CT molecular complexity index is 280. The first-order valence-electron chi connectivity index (χ1n) is 4.89. The van der Waals surface area contributed by atoms with E-state index < -0.39 is 10.2 Å². The standard InChI is InChI=1S/C8H19N3O2S.ClH/c1-7(5-9)10-14(12,13)11(2)6-8-3-4-8;/h7-8,10H,3-6,9H2,1-2H3;1H/t7-;/m0./s1. The molecular formula is C8H20ClN3O2S. The van der Waals surface area contributed by atoms with E-state index in [0.717, 1.165) is 12.8 Å². The van der Waals surface area contributed by atoms with Crippen LogP contribution in [0.3, 0.4) is 0 Å². The third kappa shape index (κ3) is 5.12. The summed E-state index contributed by atoms with van der Waals surface area (Å²) in [7, 11) is -1.72. The lowest BCUT2D eigenvalue weighted by Crippen LogP contribution is -2.45. The highest BCUT2D eigenvalue weighted by Crippen LogP contribution is 2.29. The van der Waals surface area contributed by atoms with Gasteiger partial charge in [0.15, 0.2) is 0 Å². The third-order valence-corrected chi connectivity index (χ3v) is 4.00. The second-order valence-electron chi connectivity index (χ2n) is 3.98. The van der Waals surface area contributed by atoms with E-state index in [1.807, 2.05) is 0 Å². The molecule has 0 unspecified atom stereocenters. The molecule has 15 heavy (non-hydrogen) atoms. The molecule has 92 valence electrons. The van der Waals surface area contributed by atoms with Crippen molar-refractivity contribution in [3.8, 4) is 0 Å². The van der Waals surface area contributed by atoms with Crippen LogP contribution >= 0.6 is 12.4 Å². The molecule has 0 aliphatic heterocycles. The molecular weight excluding hydrogens is 238 g/mol. The van der Waals surface area contributed by atoms with Gasteiger partial charge in [-0.05, 0) is 25.7 Å². The van der Waals surface area contributed by atoms with Crippen molar-refractivity contribution in [3.05, 3.63) is 0 Å². The first-order chi connectivity index (χ1) is 6.45. The van der Waals surface area contributed by atoms with Gasteiger partial charge in [-0.15, -0.1) is 12.4 Å². The molecule has 3 N–H and O–H groups in total.